The minimum atomic E-state index is -0.769. The summed E-state index contributed by atoms with van der Waals surface area (Å²) in [6, 6.07) is 6.64. The molecule has 1 atom stereocenters. The Morgan fingerprint density at radius 1 is 1.14 bits per heavy atom. The molecule has 1 unspecified atom stereocenters. The lowest BCUT2D eigenvalue weighted by molar-refractivity contribution is 0.498. The van der Waals surface area contributed by atoms with Crippen molar-refractivity contribution in [1.29, 1.82) is 0 Å². The monoisotopic (exact) mass is 370 g/mol. The molecule has 0 saturated carbocycles. The van der Waals surface area contributed by atoms with E-state index in [1.807, 2.05) is 11.3 Å². The molecule has 0 fully saturated rings. The number of fused-ring (bicyclic) bond motifs is 1. The van der Waals surface area contributed by atoms with Gasteiger partial charge in [-0.15, -0.1) is 11.3 Å². The number of rotatable bonds is 3. The molecule has 0 bridgehead atoms. The van der Waals surface area contributed by atoms with E-state index in [9.17, 15) is 8.78 Å². The molecule has 1 aromatic carbocycles. The lowest BCUT2D eigenvalue weighted by Crippen LogP contribution is -1.98. The molecule has 0 aliphatic heterocycles. The van der Waals surface area contributed by atoms with E-state index < -0.39 is 11.6 Å². The molecular formula is C17H17BrF2S. The average Bonchev–Trinajstić information content (AvgIpc) is 2.75. The maximum atomic E-state index is 13.8. The molecule has 3 rings (SSSR count). The quantitative estimate of drug-likeness (QED) is 0.460. The summed E-state index contributed by atoms with van der Waals surface area (Å²) in [5.41, 5.74) is 1.89. The van der Waals surface area contributed by atoms with Gasteiger partial charge in [-0.25, -0.2) is 8.78 Å². The van der Waals surface area contributed by atoms with Crippen LogP contribution < -0.4 is 0 Å². The van der Waals surface area contributed by atoms with E-state index >= 15 is 0 Å². The molecular weight excluding hydrogens is 354 g/mol. The van der Waals surface area contributed by atoms with Crippen molar-refractivity contribution in [3.8, 4) is 0 Å². The molecule has 21 heavy (non-hydrogen) atoms. The van der Waals surface area contributed by atoms with Crippen molar-refractivity contribution in [2.75, 3.05) is 0 Å². The molecule has 1 aliphatic carbocycles. The second-order valence-electron chi connectivity index (χ2n) is 5.54. The molecule has 0 saturated heterocycles. The molecule has 1 aromatic heterocycles. The molecule has 0 nitrogen and oxygen atoms in total. The maximum Gasteiger partial charge on any atom is 0.162 e. The highest BCUT2D eigenvalue weighted by atomic mass is 79.9. The highest BCUT2D eigenvalue weighted by Crippen LogP contribution is 2.37. The van der Waals surface area contributed by atoms with Crippen LogP contribution in [0.25, 0.3) is 0 Å². The largest absolute Gasteiger partial charge is 0.204 e. The molecule has 2 aromatic rings. The van der Waals surface area contributed by atoms with Crippen LogP contribution in [-0.4, -0.2) is 0 Å². The first-order valence-electron chi connectivity index (χ1n) is 7.33. The van der Waals surface area contributed by atoms with Crippen LogP contribution in [0.4, 0.5) is 8.78 Å². The number of alkyl halides is 1. The van der Waals surface area contributed by atoms with E-state index in [2.05, 4.69) is 22.0 Å². The zero-order chi connectivity index (χ0) is 14.8. The Balaban J connectivity index is 1.79. The third-order valence-corrected chi connectivity index (χ3v) is 6.48. The van der Waals surface area contributed by atoms with Gasteiger partial charge < -0.3 is 0 Å². The number of halogens is 3. The lowest BCUT2D eigenvalue weighted by Gasteiger charge is -2.09. The van der Waals surface area contributed by atoms with Gasteiger partial charge in [-0.3, -0.25) is 0 Å². The van der Waals surface area contributed by atoms with E-state index in [-0.39, 0.29) is 4.83 Å². The minimum Gasteiger partial charge on any atom is -0.204 e. The van der Waals surface area contributed by atoms with Gasteiger partial charge in [0, 0.05) is 9.75 Å². The third-order valence-electron chi connectivity index (χ3n) is 4.01. The van der Waals surface area contributed by atoms with Gasteiger partial charge >= 0.3 is 0 Å². The Labute approximate surface area is 136 Å². The predicted octanol–water partition coefficient (Wildman–Crippen LogP) is 5.97. The summed E-state index contributed by atoms with van der Waals surface area (Å²) in [4.78, 5) is 2.75. The molecule has 0 radical (unpaired) electrons. The highest BCUT2D eigenvalue weighted by molar-refractivity contribution is 9.09. The van der Waals surface area contributed by atoms with Gasteiger partial charge in [0.05, 0.1) is 4.83 Å². The Hall–Kier alpha value is -0.740. The van der Waals surface area contributed by atoms with Crippen LogP contribution >= 0.6 is 27.3 Å². The van der Waals surface area contributed by atoms with E-state index in [4.69, 9.17) is 0 Å². The van der Waals surface area contributed by atoms with Crippen LogP contribution in [0.2, 0.25) is 0 Å². The van der Waals surface area contributed by atoms with Crippen LogP contribution in [0.15, 0.2) is 24.3 Å². The first-order valence-corrected chi connectivity index (χ1v) is 9.07. The van der Waals surface area contributed by atoms with Crippen LogP contribution in [0, 0.1) is 11.6 Å². The van der Waals surface area contributed by atoms with Crippen LogP contribution in [-0.2, 0) is 19.3 Å². The Kier molecular flexibility index (Phi) is 4.75. The minimum absolute atomic E-state index is 0.0470. The highest BCUT2D eigenvalue weighted by Gasteiger charge is 2.19. The van der Waals surface area contributed by atoms with Crippen molar-refractivity contribution < 1.29 is 8.78 Å². The molecule has 0 spiro atoms. The molecule has 4 heteroatoms. The second kappa shape index (κ2) is 6.57. The maximum absolute atomic E-state index is 13.8. The first-order chi connectivity index (χ1) is 10.1. The summed E-state index contributed by atoms with van der Waals surface area (Å²) in [6.07, 6.45) is 6.62. The topological polar surface area (TPSA) is 0 Å². The summed E-state index contributed by atoms with van der Waals surface area (Å²) in [5, 5.41) is 0. The normalized spacial score (nSPS) is 16.3. The van der Waals surface area contributed by atoms with Crippen molar-refractivity contribution in [2.24, 2.45) is 0 Å². The molecule has 0 amide bonds. The van der Waals surface area contributed by atoms with Crippen molar-refractivity contribution in [3.05, 3.63) is 56.8 Å². The third kappa shape index (κ3) is 3.37. The average molecular weight is 371 g/mol. The summed E-state index contributed by atoms with van der Waals surface area (Å²) in [5.74, 6) is -1.49. The molecule has 0 N–H and O–H groups in total. The van der Waals surface area contributed by atoms with Gasteiger partial charge in [-0.1, -0.05) is 34.5 Å². The second-order valence-corrected chi connectivity index (χ2v) is 7.82. The van der Waals surface area contributed by atoms with E-state index in [1.54, 1.807) is 12.1 Å². The number of thiophene rings is 1. The van der Waals surface area contributed by atoms with Gasteiger partial charge in [0.1, 0.15) is 0 Å². The fraction of sp³-hybridized carbons (Fsp3) is 0.412. The van der Waals surface area contributed by atoms with E-state index in [0.717, 1.165) is 18.9 Å². The Bertz CT molecular complexity index is 612. The molecule has 1 aliphatic rings. The lowest BCUT2D eigenvalue weighted by atomic mass is 10.1. The Morgan fingerprint density at radius 3 is 2.81 bits per heavy atom. The number of benzene rings is 1. The predicted molar refractivity (Wildman–Crippen MR) is 87.3 cm³/mol. The van der Waals surface area contributed by atoms with Crippen LogP contribution in [0.3, 0.4) is 0 Å². The van der Waals surface area contributed by atoms with E-state index in [1.165, 1.54) is 34.6 Å². The fourth-order valence-electron chi connectivity index (χ4n) is 2.84. The zero-order valence-electron chi connectivity index (χ0n) is 11.7. The first kappa shape index (κ1) is 15.2. The van der Waals surface area contributed by atoms with Crippen molar-refractivity contribution in [3.63, 3.8) is 0 Å². The van der Waals surface area contributed by atoms with Gasteiger partial charge in [0.25, 0.3) is 0 Å². The van der Waals surface area contributed by atoms with Gasteiger partial charge in [0.15, 0.2) is 11.6 Å². The zero-order valence-corrected chi connectivity index (χ0v) is 14.1. The summed E-state index contributed by atoms with van der Waals surface area (Å²) in [6.45, 7) is 0. The fourth-order valence-corrected chi connectivity index (χ4v) is 4.84. The van der Waals surface area contributed by atoms with Crippen LogP contribution in [0.1, 0.15) is 45.0 Å². The number of aryl methyl sites for hydroxylation is 2. The van der Waals surface area contributed by atoms with Crippen molar-refractivity contribution in [1.82, 2.24) is 0 Å². The Morgan fingerprint density at radius 2 is 1.95 bits per heavy atom. The van der Waals surface area contributed by atoms with Crippen LogP contribution in [0.5, 0.6) is 0 Å². The van der Waals surface area contributed by atoms with E-state index in [0.29, 0.717) is 12.0 Å². The van der Waals surface area contributed by atoms with Gasteiger partial charge in [0.2, 0.25) is 0 Å². The number of hydrogen-bond acceptors (Lipinski definition) is 1. The SMILES string of the molecule is Fc1cccc(CC(Br)c2cc3c(s2)CCCCC3)c1F. The summed E-state index contributed by atoms with van der Waals surface area (Å²) in [7, 11) is 0. The van der Waals surface area contributed by atoms with Crippen molar-refractivity contribution >= 4 is 27.3 Å². The molecule has 1 heterocycles. The van der Waals surface area contributed by atoms with Crippen molar-refractivity contribution in [2.45, 2.75) is 43.4 Å². The summed E-state index contributed by atoms with van der Waals surface area (Å²) >= 11 is 5.47. The summed E-state index contributed by atoms with van der Waals surface area (Å²) < 4.78 is 27.0. The standard InChI is InChI=1S/C17H17BrF2S/c18-13(9-12-6-4-7-14(19)17(12)20)16-10-11-5-2-1-3-8-15(11)21-16/h4,6-7,10,13H,1-3,5,8-9H2. The van der Waals surface area contributed by atoms with Gasteiger partial charge in [-0.2, -0.15) is 0 Å². The van der Waals surface area contributed by atoms with Gasteiger partial charge in [-0.05, 0) is 55.4 Å². The number of hydrogen-bond donors (Lipinski definition) is 0. The molecule has 112 valence electrons. The smallest absolute Gasteiger partial charge is 0.162 e.